The van der Waals surface area contributed by atoms with E-state index in [-0.39, 0.29) is 34.8 Å². The molecule has 0 radical (unpaired) electrons. The van der Waals surface area contributed by atoms with Crippen molar-refractivity contribution in [3.63, 3.8) is 0 Å². The van der Waals surface area contributed by atoms with Gasteiger partial charge in [0.25, 0.3) is 0 Å². The molecule has 0 fully saturated rings. The number of rotatable bonds is 1. The van der Waals surface area contributed by atoms with Gasteiger partial charge in [0.15, 0.2) is 0 Å². The van der Waals surface area contributed by atoms with E-state index in [4.69, 9.17) is 0 Å². The van der Waals surface area contributed by atoms with Crippen LogP contribution in [0.1, 0.15) is 0 Å². The summed E-state index contributed by atoms with van der Waals surface area (Å²) >= 11 is 7.79. The molecule has 0 saturated heterocycles. The SMILES string of the molecule is [CH2-]C(S)CS.[Na+]. The number of hydrogen-bond donors (Lipinski definition) is 2. The van der Waals surface area contributed by atoms with Gasteiger partial charge >= 0.3 is 29.6 Å². The minimum absolute atomic E-state index is 0. The summed E-state index contributed by atoms with van der Waals surface area (Å²) in [5.74, 6) is 0.753. The van der Waals surface area contributed by atoms with Gasteiger partial charge < -0.3 is 6.92 Å². The van der Waals surface area contributed by atoms with Gasteiger partial charge in [0.1, 0.15) is 0 Å². The van der Waals surface area contributed by atoms with Crippen LogP contribution in [0.15, 0.2) is 0 Å². The van der Waals surface area contributed by atoms with Gasteiger partial charge in [0.05, 0.1) is 0 Å². The minimum Gasteiger partial charge on any atom is -0.330 e. The summed E-state index contributed by atoms with van der Waals surface area (Å²) in [6, 6.07) is 0. The maximum Gasteiger partial charge on any atom is 1.00 e. The fourth-order valence-electron chi connectivity index (χ4n) is 0. The van der Waals surface area contributed by atoms with Crippen LogP contribution in [0.5, 0.6) is 0 Å². The van der Waals surface area contributed by atoms with Gasteiger partial charge in [0, 0.05) is 0 Å². The average molecular weight is 130 g/mol. The summed E-state index contributed by atoms with van der Waals surface area (Å²) in [7, 11) is 0. The fourth-order valence-corrected chi connectivity index (χ4v) is 0. The van der Waals surface area contributed by atoms with Crippen LogP contribution in [0, 0.1) is 6.92 Å². The van der Waals surface area contributed by atoms with Gasteiger partial charge in [-0.25, -0.2) is 12.6 Å². The molecular weight excluding hydrogens is 123 g/mol. The second-order valence-corrected chi connectivity index (χ2v) is 1.93. The molecule has 1 unspecified atom stereocenters. The molecule has 0 nitrogen and oxygen atoms in total. The first-order valence-corrected chi connectivity index (χ1v) is 2.54. The fraction of sp³-hybridized carbons (Fsp3) is 0.667. The predicted molar refractivity (Wildman–Crippen MR) is 32.0 cm³/mol. The average Bonchev–Trinajstić information content (AvgIpc) is 1.38. The Morgan fingerprint density at radius 1 is 1.67 bits per heavy atom. The van der Waals surface area contributed by atoms with E-state index in [2.05, 4.69) is 32.2 Å². The summed E-state index contributed by atoms with van der Waals surface area (Å²) in [4.78, 5) is 0. The molecule has 0 bridgehead atoms. The molecule has 6 heavy (non-hydrogen) atoms. The van der Waals surface area contributed by atoms with Crippen LogP contribution in [0.3, 0.4) is 0 Å². The quantitative estimate of drug-likeness (QED) is 0.230. The summed E-state index contributed by atoms with van der Waals surface area (Å²) in [5, 5.41) is 0.193. The molecule has 0 saturated carbocycles. The predicted octanol–water partition coefficient (Wildman–Crippen LogP) is -1.95. The molecule has 1 atom stereocenters. The van der Waals surface area contributed by atoms with Crippen LogP contribution in [0.25, 0.3) is 0 Å². The van der Waals surface area contributed by atoms with Gasteiger partial charge in [-0.2, -0.15) is 12.6 Å². The Balaban J connectivity index is 0. The number of thiol groups is 2. The second kappa shape index (κ2) is 6.70. The largest absolute Gasteiger partial charge is 1.00 e. The Morgan fingerprint density at radius 3 is 1.83 bits per heavy atom. The van der Waals surface area contributed by atoms with Crippen LogP contribution in [-0.2, 0) is 0 Å². The van der Waals surface area contributed by atoms with Crippen LogP contribution in [-0.4, -0.2) is 11.0 Å². The van der Waals surface area contributed by atoms with Crippen LogP contribution >= 0.6 is 25.3 Å². The summed E-state index contributed by atoms with van der Waals surface area (Å²) in [6.07, 6.45) is 0. The maximum atomic E-state index is 3.91. The molecule has 0 amide bonds. The van der Waals surface area contributed by atoms with E-state index >= 15 is 0 Å². The van der Waals surface area contributed by atoms with Crippen molar-refractivity contribution < 1.29 is 29.6 Å². The third kappa shape index (κ3) is 9.20. The zero-order valence-electron chi connectivity index (χ0n) is 3.89. The molecule has 0 spiro atoms. The molecule has 0 aliphatic rings. The Hall–Kier alpha value is 1.70. The zero-order valence-corrected chi connectivity index (χ0v) is 7.67. The minimum atomic E-state index is 0. The summed E-state index contributed by atoms with van der Waals surface area (Å²) in [5.41, 5.74) is 0. The normalized spacial score (nSPS) is 12.5. The molecule has 0 N–H and O–H groups in total. The van der Waals surface area contributed by atoms with Gasteiger partial charge in [-0.3, -0.25) is 0 Å². The van der Waals surface area contributed by atoms with Gasteiger partial charge in [0.2, 0.25) is 0 Å². The van der Waals surface area contributed by atoms with E-state index in [9.17, 15) is 0 Å². The smallest absolute Gasteiger partial charge is 0.330 e. The molecule has 0 aromatic carbocycles. The van der Waals surface area contributed by atoms with Crippen molar-refractivity contribution in [3.8, 4) is 0 Å². The molecule has 0 aliphatic heterocycles. The molecule has 0 aromatic heterocycles. The van der Waals surface area contributed by atoms with Crippen molar-refractivity contribution in [1.82, 2.24) is 0 Å². The topological polar surface area (TPSA) is 0 Å². The van der Waals surface area contributed by atoms with Crippen molar-refractivity contribution in [3.05, 3.63) is 6.92 Å². The van der Waals surface area contributed by atoms with E-state index in [1.807, 2.05) is 0 Å². The van der Waals surface area contributed by atoms with Crippen molar-refractivity contribution in [1.29, 1.82) is 0 Å². The standard InChI is InChI=1S/C3H7S2.Na/c1-3(5)2-4;/h3-5H,1-2H2;/q-1;+1. The van der Waals surface area contributed by atoms with E-state index in [1.54, 1.807) is 0 Å². The van der Waals surface area contributed by atoms with Crippen LogP contribution in [0.4, 0.5) is 0 Å². The van der Waals surface area contributed by atoms with E-state index in [1.165, 1.54) is 0 Å². The molecule has 0 heterocycles. The maximum absolute atomic E-state index is 3.91. The molecule has 0 aliphatic carbocycles. The third-order valence-corrected chi connectivity index (χ3v) is 1.12. The second-order valence-electron chi connectivity index (χ2n) is 0.836. The molecule has 0 rings (SSSR count). The van der Waals surface area contributed by atoms with Crippen molar-refractivity contribution in [2.75, 3.05) is 5.75 Å². The molecular formula is C3H7NaS2. The Morgan fingerprint density at radius 2 is 1.83 bits per heavy atom. The van der Waals surface area contributed by atoms with Gasteiger partial charge in [-0.05, 0) is 5.75 Å². The van der Waals surface area contributed by atoms with Crippen molar-refractivity contribution in [2.45, 2.75) is 5.25 Å². The Kier molecular flexibility index (Phi) is 11.9. The van der Waals surface area contributed by atoms with E-state index in [0.29, 0.717) is 0 Å². The van der Waals surface area contributed by atoms with Crippen molar-refractivity contribution in [2.24, 2.45) is 0 Å². The summed E-state index contributed by atoms with van der Waals surface area (Å²) in [6.45, 7) is 3.54. The van der Waals surface area contributed by atoms with E-state index < -0.39 is 0 Å². The number of hydrogen-bond acceptors (Lipinski definition) is 2. The van der Waals surface area contributed by atoms with E-state index in [0.717, 1.165) is 5.75 Å². The molecule has 0 aromatic rings. The van der Waals surface area contributed by atoms with Gasteiger partial charge in [-0.15, -0.1) is 5.25 Å². The van der Waals surface area contributed by atoms with Crippen LogP contribution in [0.2, 0.25) is 0 Å². The first-order chi connectivity index (χ1) is 2.27. The molecule has 32 valence electrons. The first kappa shape index (κ1) is 10.6. The third-order valence-electron chi connectivity index (χ3n) is 0.211. The Labute approximate surface area is 72.2 Å². The summed E-state index contributed by atoms with van der Waals surface area (Å²) < 4.78 is 0. The Bertz CT molecular complexity index is 22.8. The zero-order chi connectivity index (χ0) is 4.28. The molecule has 3 heteroatoms. The van der Waals surface area contributed by atoms with Gasteiger partial charge in [-0.1, -0.05) is 0 Å². The van der Waals surface area contributed by atoms with Crippen molar-refractivity contribution >= 4 is 25.3 Å². The monoisotopic (exact) mass is 130 g/mol. The van der Waals surface area contributed by atoms with Crippen LogP contribution < -0.4 is 29.6 Å². The first-order valence-electron chi connectivity index (χ1n) is 1.39.